The molecule has 9 nitrogen and oxygen atoms in total. The summed E-state index contributed by atoms with van der Waals surface area (Å²) in [6, 6.07) is 23.3. The number of hydrogen-bond donors (Lipinski definition) is 2. The van der Waals surface area contributed by atoms with Crippen LogP contribution in [0.5, 0.6) is 5.75 Å². The molecule has 0 saturated heterocycles. The van der Waals surface area contributed by atoms with Crippen molar-refractivity contribution >= 4 is 44.1 Å². The van der Waals surface area contributed by atoms with Crippen molar-refractivity contribution in [1.82, 2.24) is 0 Å². The van der Waals surface area contributed by atoms with Crippen LogP contribution in [0.25, 0.3) is 10.8 Å². The molecule has 0 heterocycles. The molecule has 34 heavy (non-hydrogen) atoms. The number of ether oxygens (including phenoxy) is 1. The fourth-order valence-corrected chi connectivity index (χ4v) is 4.41. The monoisotopic (exact) mass is 476 g/mol. The number of nitrogens with one attached hydrogen (secondary N) is 2. The molecule has 4 aromatic rings. The summed E-state index contributed by atoms with van der Waals surface area (Å²) in [6.45, 7) is 0. The van der Waals surface area contributed by atoms with Crippen molar-refractivity contribution in [2.24, 2.45) is 5.10 Å². The lowest BCUT2D eigenvalue weighted by Crippen LogP contribution is -2.13. The molecule has 0 saturated carbocycles. The Labute approximate surface area is 195 Å². The van der Waals surface area contributed by atoms with Gasteiger partial charge in [0.2, 0.25) is 0 Å². The van der Waals surface area contributed by atoms with Crippen LogP contribution >= 0.6 is 0 Å². The summed E-state index contributed by atoms with van der Waals surface area (Å²) in [5.41, 5.74) is 3.41. The molecule has 0 bridgehead atoms. The number of hydrogen-bond acceptors (Lipinski definition) is 7. The molecule has 0 spiro atoms. The van der Waals surface area contributed by atoms with Gasteiger partial charge >= 0.3 is 0 Å². The zero-order chi connectivity index (χ0) is 24.1. The molecule has 0 atom stereocenters. The Morgan fingerprint density at radius 3 is 2.44 bits per heavy atom. The van der Waals surface area contributed by atoms with E-state index in [0.717, 1.165) is 22.4 Å². The van der Waals surface area contributed by atoms with Crippen molar-refractivity contribution in [3.63, 3.8) is 0 Å². The van der Waals surface area contributed by atoms with Gasteiger partial charge in [-0.1, -0.05) is 42.5 Å². The number of nitro groups is 1. The molecule has 0 aliphatic heterocycles. The van der Waals surface area contributed by atoms with Gasteiger partial charge in [-0.25, -0.2) is 8.42 Å². The number of methoxy groups -OCH3 is 1. The molecule has 0 fully saturated rings. The largest absolute Gasteiger partial charge is 0.497 e. The molecule has 0 amide bonds. The standard InChI is InChI=1S/C24H20N4O5S/c1-33-20-11-9-19(10-12-20)27-34(31,32)21-13-14-23(24(15-21)28(29)30)26-25-16-18-7-4-6-17-5-2-3-8-22(17)18/h2-16,26-27H,1H3. The van der Waals surface area contributed by atoms with E-state index < -0.39 is 20.6 Å². The maximum absolute atomic E-state index is 12.8. The molecular formula is C24H20N4O5S. The van der Waals surface area contributed by atoms with E-state index >= 15 is 0 Å². The van der Waals surface area contributed by atoms with E-state index in [9.17, 15) is 18.5 Å². The van der Waals surface area contributed by atoms with Crippen LogP contribution in [0.1, 0.15) is 5.56 Å². The second-order valence-corrected chi connectivity index (χ2v) is 8.89. The van der Waals surface area contributed by atoms with Gasteiger partial charge in [0, 0.05) is 17.3 Å². The van der Waals surface area contributed by atoms with E-state index in [4.69, 9.17) is 4.74 Å². The fraction of sp³-hybridized carbons (Fsp3) is 0.0417. The molecule has 172 valence electrons. The minimum Gasteiger partial charge on any atom is -0.497 e. The van der Waals surface area contributed by atoms with Gasteiger partial charge in [0.25, 0.3) is 15.7 Å². The van der Waals surface area contributed by atoms with Gasteiger partial charge in [0.15, 0.2) is 0 Å². The summed E-state index contributed by atoms with van der Waals surface area (Å²) in [4.78, 5) is 10.7. The number of hydrazone groups is 1. The Morgan fingerprint density at radius 1 is 0.971 bits per heavy atom. The summed E-state index contributed by atoms with van der Waals surface area (Å²) < 4.78 is 32.9. The number of sulfonamides is 1. The van der Waals surface area contributed by atoms with Crippen molar-refractivity contribution in [3.05, 3.63) is 101 Å². The highest BCUT2D eigenvalue weighted by molar-refractivity contribution is 7.92. The van der Waals surface area contributed by atoms with Crippen molar-refractivity contribution in [1.29, 1.82) is 0 Å². The van der Waals surface area contributed by atoms with E-state index in [-0.39, 0.29) is 10.6 Å². The first kappa shape index (κ1) is 22.7. The molecule has 2 N–H and O–H groups in total. The first-order valence-electron chi connectivity index (χ1n) is 10.1. The van der Waals surface area contributed by atoms with Crippen LogP contribution in [0, 0.1) is 10.1 Å². The zero-order valence-corrected chi connectivity index (χ0v) is 18.8. The third-order valence-electron chi connectivity index (χ3n) is 5.03. The Balaban J connectivity index is 1.57. The van der Waals surface area contributed by atoms with E-state index in [2.05, 4.69) is 15.2 Å². The third kappa shape index (κ3) is 4.97. The quantitative estimate of drug-likeness (QED) is 0.209. The number of nitrogens with zero attached hydrogens (tertiary/aromatic N) is 2. The van der Waals surface area contributed by atoms with Crippen molar-refractivity contribution in [3.8, 4) is 5.75 Å². The number of fused-ring (bicyclic) bond motifs is 1. The van der Waals surface area contributed by atoms with Gasteiger partial charge in [-0.2, -0.15) is 5.10 Å². The van der Waals surface area contributed by atoms with Crippen LogP contribution < -0.4 is 14.9 Å². The minimum atomic E-state index is -4.05. The van der Waals surface area contributed by atoms with Gasteiger partial charge in [0.05, 0.1) is 23.1 Å². The van der Waals surface area contributed by atoms with Gasteiger partial charge in [-0.15, -0.1) is 0 Å². The highest BCUT2D eigenvalue weighted by Gasteiger charge is 2.21. The third-order valence-corrected chi connectivity index (χ3v) is 6.41. The number of rotatable bonds is 8. The van der Waals surface area contributed by atoms with Crippen LogP contribution in [0.2, 0.25) is 0 Å². The lowest BCUT2D eigenvalue weighted by atomic mass is 10.1. The average molecular weight is 477 g/mol. The van der Waals surface area contributed by atoms with Crippen LogP contribution in [-0.4, -0.2) is 26.7 Å². The zero-order valence-electron chi connectivity index (χ0n) is 18.0. The van der Waals surface area contributed by atoms with Crippen molar-refractivity contribution < 1.29 is 18.1 Å². The highest BCUT2D eigenvalue weighted by Crippen LogP contribution is 2.29. The summed E-state index contributed by atoms with van der Waals surface area (Å²) in [5, 5.41) is 17.8. The predicted molar refractivity (Wildman–Crippen MR) is 132 cm³/mol. The Bertz CT molecular complexity index is 1480. The number of benzene rings is 4. The second-order valence-electron chi connectivity index (χ2n) is 7.21. The highest BCUT2D eigenvalue weighted by atomic mass is 32.2. The topological polar surface area (TPSA) is 123 Å². The molecule has 4 rings (SSSR count). The maximum Gasteiger partial charge on any atom is 0.295 e. The molecule has 0 radical (unpaired) electrons. The molecule has 0 aromatic heterocycles. The van der Waals surface area contributed by atoms with E-state index in [0.29, 0.717) is 11.4 Å². The van der Waals surface area contributed by atoms with Crippen LogP contribution in [0.15, 0.2) is 94.9 Å². The van der Waals surface area contributed by atoms with E-state index in [1.165, 1.54) is 31.4 Å². The first-order chi connectivity index (χ1) is 16.4. The second kappa shape index (κ2) is 9.59. The Morgan fingerprint density at radius 2 is 1.71 bits per heavy atom. The number of anilines is 2. The Kier molecular flexibility index (Phi) is 6.42. The lowest BCUT2D eigenvalue weighted by Gasteiger charge is -2.10. The molecular weight excluding hydrogens is 456 g/mol. The van der Waals surface area contributed by atoms with Gasteiger partial charge < -0.3 is 4.74 Å². The van der Waals surface area contributed by atoms with E-state index in [1.807, 2.05) is 42.5 Å². The van der Waals surface area contributed by atoms with Crippen LogP contribution in [0.4, 0.5) is 17.1 Å². The van der Waals surface area contributed by atoms with E-state index in [1.54, 1.807) is 18.3 Å². The summed E-state index contributed by atoms with van der Waals surface area (Å²) in [7, 11) is -2.55. The SMILES string of the molecule is COc1ccc(NS(=O)(=O)c2ccc(NN=Cc3cccc4ccccc34)c([N+](=O)[O-])c2)cc1. The first-order valence-corrected chi connectivity index (χ1v) is 11.6. The summed E-state index contributed by atoms with van der Waals surface area (Å²) >= 11 is 0. The molecule has 0 aliphatic rings. The lowest BCUT2D eigenvalue weighted by molar-refractivity contribution is -0.384. The number of nitro benzene ring substituents is 1. The summed E-state index contributed by atoms with van der Waals surface area (Å²) in [6.07, 6.45) is 1.56. The maximum atomic E-state index is 12.8. The molecule has 0 aliphatic carbocycles. The smallest absolute Gasteiger partial charge is 0.295 e. The molecule has 10 heteroatoms. The van der Waals surface area contributed by atoms with Crippen LogP contribution in [-0.2, 0) is 10.0 Å². The van der Waals surface area contributed by atoms with Gasteiger partial charge in [0.1, 0.15) is 11.4 Å². The normalized spacial score (nSPS) is 11.4. The Hall–Kier alpha value is -4.44. The minimum absolute atomic E-state index is 0.0601. The van der Waals surface area contributed by atoms with Gasteiger partial charge in [-0.05, 0) is 47.2 Å². The van der Waals surface area contributed by atoms with Gasteiger partial charge in [-0.3, -0.25) is 20.3 Å². The molecule has 4 aromatic carbocycles. The predicted octanol–water partition coefficient (Wildman–Crippen LogP) is 5.00. The fourth-order valence-electron chi connectivity index (χ4n) is 3.33. The van der Waals surface area contributed by atoms with Crippen molar-refractivity contribution in [2.75, 3.05) is 17.3 Å². The molecule has 0 unspecified atom stereocenters. The van der Waals surface area contributed by atoms with Crippen molar-refractivity contribution in [2.45, 2.75) is 4.90 Å². The summed E-state index contributed by atoms with van der Waals surface area (Å²) in [5.74, 6) is 0.568. The van der Waals surface area contributed by atoms with Crippen LogP contribution in [0.3, 0.4) is 0 Å². The average Bonchev–Trinajstić information content (AvgIpc) is 2.84.